The fourth-order valence-electron chi connectivity index (χ4n) is 1.07. The topological polar surface area (TPSA) is 0 Å². The second kappa shape index (κ2) is 5.76. The molecule has 0 radical (unpaired) electrons. The Morgan fingerprint density at radius 2 is 2.33 bits per heavy atom. The number of hydrogen-bond acceptors (Lipinski definition) is 2. The van der Waals surface area contributed by atoms with Gasteiger partial charge in [0.1, 0.15) is 0 Å². The zero-order chi connectivity index (χ0) is 8.81. The van der Waals surface area contributed by atoms with Crippen molar-refractivity contribution in [2.45, 2.75) is 19.8 Å². The molecule has 1 fully saturated rings. The first kappa shape index (κ1) is 10.3. The van der Waals surface area contributed by atoms with Gasteiger partial charge in [0.2, 0.25) is 0 Å². The molecule has 1 aliphatic heterocycles. The quantitative estimate of drug-likeness (QED) is 0.666. The largest absolute Gasteiger partial charge is 0.156 e. The monoisotopic (exact) mass is 200 g/mol. The lowest BCUT2D eigenvalue weighted by molar-refractivity contribution is 0.952. The van der Waals surface area contributed by atoms with Crippen molar-refractivity contribution in [3.63, 3.8) is 0 Å². The number of unbranched alkanes of at least 4 members (excludes halogenated alkanes) is 1. The molecule has 2 heteroatoms. The summed E-state index contributed by atoms with van der Waals surface area (Å²) in [4.78, 5) is 1.30. The van der Waals surface area contributed by atoms with Gasteiger partial charge in [0.25, 0.3) is 0 Å². The second-order valence-corrected chi connectivity index (χ2v) is 5.14. The van der Waals surface area contributed by atoms with E-state index in [9.17, 15) is 0 Å². The van der Waals surface area contributed by atoms with Gasteiger partial charge in [-0.3, -0.25) is 0 Å². The van der Waals surface area contributed by atoms with Crippen molar-refractivity contribution in [1.29, 1.82) is 0 Å². The van der Waals surface area contributed by atoms with Crippen LogP contribution in [0.2, 0.25) is 0 Å². The molecule has 0 aliphatic carbocycles. The third kappa shape index (κ3) is 3.28. The first-order valence-electron chi connectivity index (χ1n) is 4.43. The zero-order valence-electron chi connectivity index (χ0n) is 7.64. The molecule has 1 heterocycles. The highest BCUT2D eigenvalue weighted by molar-refractivity contribution is 8.06. The molecular weight excluding hydrogens is 184 g/mol. The van der Waals surface area contributed by atoms with Gasteiger partial charge in [-0.1, -0.05) is 26.0 Å². The molecule has 1 aliphatic rings. The summed E-state index contributed by atoms with van der Waals surface area (Å²) < 4.78 is 0. The Labute approximate surface area is 83.9 Å². The summed E-state index contributed by atoms with van der Waals surface area (Å²) >= 11 is 3.94. The van der Waals surface area contributed by atoms with E-state index in [4.69, 9.17) is 0 Å². The maximum atomic E-state index is 4.09. The van der Waals surface area contributed by atoms with Crippen LogP contribution in [0.15, 0.2) is 23.1 Å². The molecule has 12 heavy (non-hydrogen) atoms. The first-order chi connectivity index (χ1) is 5.84. The van der Waals surface area contributed by atoms with E-state index in [-0.39, 0.29) is 0 Å². The molecule has 0 aromatic rings. The van der Waals surface area contributed by atoms with E-state index >= 15 is 0 Å². The smallest absolute Gasteiger partial charge is 0.0192 e. The van der Waals surface area contributed by atoms with Crippen molar-refractivity contribution in [2.24, 2.45) is 0 Å². The Morgan fingerprint density at radius 1 is 1.50 bits per heavy atom. The molecular formula is C10H16S2. The maximum absolute atomic E-state index is 4.09. The normalized spacial score (nSPS) is 22.8. The predicted molar refractivity (Wildman–Crippen MR) is 61.9 cm³/mol. The molecule has 0 aromatic heterocycles. The molecule has 0 amide bonds. The van der Waals surface area contributed by atoms with Gasteiger partial charge in [0, 0.05) is 22.2 Å². The van der Waals surface area contributed by atoms with E-state index in [1.807, 2.05) is 23.5 Å². The minimum Gasteiger partial charge on any atom is -0.156 e. The van der Waals surface area contributed by atoms with Crippen LogP contribution in [-0.4, -0.2) is 17.3 Å². The molecule has 0 bridgehead atoms. The Kier molecular flexibility index (Phi) is 4.93. The van der Waals surface area contributed by atoms with Gasteiger partial charge >= 0.3 is 0 Å². The number of hydrogen-bond donors (Lipinski definition) is 0. The highest BCUT2D eigenvalue weighted by Gasteiger charge is 2.07. The van der Waals surface area contributed by atoms with Crippen LogP contribution in [0.25, 0.3) is 0 Å². The van der Waals surface area contributed by atoms with Crippen LogP contribution >= 0.6 is 23.5 Å². The summed E-state index contributed by atoms with van der Waals surface area (Å²) in [7, 11) is 0. The lowest BCUT2D eigenvalue weighted by Gasteiger charge is -2.03. The summed E-state index contributed by atoms with van der Waals surface area (Å²) in [5.41, 5.74) is 1.48. The highest BCUT2D eigenvalue weighted by Crippen LogP contribution is 2.30. The number of rotatable bonds is 2. The lowest BCUT2D eigenvalue weighted by Crippen LogP contribution is -1.86. The van der Waals surface area contributed by atoms with Crippen molar-refractivity contribution >= 4 is 23.5 Å². The van der Waals surface area contributed by atoms with Crippen LogP contribution in [0.3, 0.4) is 0 Å². The molecule has 68 valence electrons. The Balaban J connectivity index is 2.52. The van der Waals surface area contributed by atoms with Crippen molar-refractivity contribution in [2.75, 3.05) is 17.3 Å². The third-order valence-electron chi connectivity index (χ3n) is 1.80. The number of thioether (sulfide) groups is 2. The first-order valence-corrected chi connectivity index (χ1v) is 6.57. The second-order valence-electron chi connectivity index (χ2n) is 2.84. The Morgan fingerprint density at radius 3 is 3.08 bits per heavy atom. The molecule has 0 saturated carbocycles. The summed E-state index contributed by atoms with van der Waals surface area (Å²) in [5, 5.41) is 0. The molecule has 1 saturated heterocycles. The summed E-state index contributed by atoms with van der Waals surface area (Å²) in [5.74, 6) is 3.67. The maximum Gasteiger partial charge on any atom is 0.0192 e. The van der Waals surface area contributed by atoms with Crippen molar-refractivity contribution in [3.05, 3.63) is 23.1 Å². The van der Waals surface area contributed by atoms with E-state index < -0.39 is 0 Å². The Hall–Kier alpha value is 0.180. The van der Waals surface area contributed by atoms with Gasteiger partial charge in [-0.25, -0.2) is 0 Å². The minimum absolute atomic E-state index is 1.17. The van der Waals surface area contributed by atoms with E-state index in [1.54, 1.807) is 0 Å². The lowest BCUT2D eigenvalue weighted by atomic mass is 10.2. The minimum atomic E-state index is 1.17. The molecule has 1 rings (SSSR count). The van der Waals surface area contributed by atoms with Crippen molar-refractivity contribution in [3.8, 4) is 0 Å². The molecule has 0 N–H and O–H groups in total. The number of allylic oxidation sites excluding steroid dienone is 2. The van der Waals surface area contributed by atoms with Crippen molar-refractivity contribution < 1.29 is 0 Å². The van der Waals surface area contributed by atoms with Gasteiger partial charge in [-0.2, -0.15) is 11.8 Å². The zero-order valence-corrected chi connectivity index (χ0v) is 9.27. The van der Waals surface area contributed by atoms with Crippen LogP contribution < -0.4 is 0 Å². The van der Waals surface area contributed by atoms with Crippen LogP contribution in [0.1, 0.15) is 19.8 Å². The predicted octanol–water partition coefficient (Wildman–Crippen LogP) is 3.71. The molecule has 0 unspecified atom stereocenters. The van der Waals surface area contributed by atoms with Crippen LogP contribution in [-0.2, 0) is 0 Å². The van der Waals surface area contributed by atoms with Gasteiger partial charge in [0.15, 0.2) is 0 Å². The molecule has 0 atom stereocenters. The van der Waals surface area contributed by atoms with Crippen molar-refractivity contribution in [1.82, 2.24) is 0 Å². The summed E-state index contributed by atoms with van der Waals surface area (Å²) in [6.45, 7) is 6.31. The average molecular weight is 200 g/mol. The van der Waals surface area contributed by atoms with E-state index in [2.05, 4.69) is 19.6 Å². The SMILES string of the molecule is C=C1SCCSC/C1=C/CCC. The van der Waals surface area contributed by atoms with Gasteiger partial charge in [0.05, 0.1) is 0 Å². The van der Waals surface area contributed by atoms with Crippen LogP contribution in [0.5, 0.6) is 0 Å². The fourth-order valence-corrected chi connectivity index (χ4v) is 3.21. The fraction of sp³-hybridized carbons (Fsp3) is 0.600. The molecule has 0 nitrogen and oxygen atoms in total. The van der Waals surface area contributed by atoms with Gasteiger partial charge in [-0.05, 0) is 12.0 Å². The third-order valence-corrected chi connectivity index (χ3v) is 4.08. The molecule has 0 spiro atoms. The summed E-state index contributed by atoms with van der Waals surface area (Å²) in [6.07, 6.45) is 4.80. The Bertz CT molecular complexity index is 182. The highest BCUT2D eigenvalue weighted by atomic mass is 32.2. The van der Waals surface area contributed by atoms with Crippen LogP contribution in [0, 0.1) is 0 Å². The van der Waals surface area contributed by atoms with Gasteiger partial charge < -0.3 is 0 Å². The summed E-state index contributed by atoms with van der Waals surface area (Å²) in [6, 6.07) is 0. The van der Waals surface area contributed by atoms with E-state index in [0.717, 1.165) is 0 Å². The molecule has 0 aromatic carbocycles. The van der Waals surface area contributed by atoms with Gasteiger partial charge in [-0.15, -0.1) is 11.8 Å². The average Bonchev–Trinajstić information content (AvgIpc) is 2.27. The van der Waals surface area contributed by atoms with Crippen LogP contribution in [0.4, 0.5) is 0 Å². The standard InChI is InChI=1S/C10H16S2/c1-3-4-5-10-8-11-6-7-12-9(10)2/h5H,2-4,6-8H2,1H3/b10-5-. The van der Waals surface area contributed by atoms with E-state index in [0.29, 0.717) is 0 Å². The van der Waals surface area contributed by atoms with E-state index in [1.165, 1.54) is 40.6 Å².